The topological polar surface area (TPSA) is 49.8 Å². The Balaban J connectivity index is 2.00. The normalized spacial score (nSPS) is 23.6. The van der Waals surface area contributed by atoms with Crippen molar-refractivity contribution in [3.05, 3.63) is 28.2 Å². The van der Waals surface area contributed by atoms with Gasteiger partial charge in [0.25, 0.3) is 0 Å². The van der Waals surface area contributed by atoms with Crippen LogP contribution in [0.25, 0.3) is 0 Å². The van der Waals surface area contributed by atoms with Crippen LogP contribution in [0.15, 0.2) is 22.7 Å². The molecular weight excluding hydrogens is 322 g/mol. The predicted octanol–water partition coefficient (Wildman–Crippen LogP) is 3.14. The Morgan fingerprint density at radius 2 is 2.30 bits per heavy atom. The van der Waals surface area contributed by atoms with E-state index in [4.69, 9.17) is 9.84 Å². The third kappa shape index (κ3) is 3.52. The molecule has 1 aliphatic heterocycles. The summed E-state index contributed by atoms with van der Waals surface area (Å²) >= 11 is 3.49. The van der Waals surface area contributed by atoms with Gasteiger partial charge in [0, 0.05) is 12.6 Å². The number of rotatable bonds is 4. The Kier molecular flexibility index (Phi) is 5.05. The van der Waals surface area contributed by atoms with Crippen LogP contribution >= 0.6 is 15.9 Å². The van der Waals surface area contributed by atoms with E-state index in [9.17, 15) is 4.79 Å². The zero-order valence-corrected chi connectivity index (χ0v) is 13.4. The van der Waals surface area contributed by atoms with Gasteiger partial charge in [0.05, 0.1) is 17.5 Å². The van der Waals surface area contributed by atoms with Crippen LogP contribution in [0, 0.1) is 5.92 Å². The van der Waals surface area contributed by atoms with E-state index in [0.717, 1.165) is 36.2 Å². The fourth-order valence-corrected chi connectivity index (χ4v) is 3.31. The predicted molar refractivity (Wildman–Crippen MR) is 80.9 cm³/mol. The zero-order chi connectivity index (χ0) is 14.7. The summed E-state index contributed by atoms with van der Waals surface area (Å²) in [6.07, 6.45) is 1.46. The molecule has 1 heterocycles. The number of methoxy groups -OCH3 is 1. The third-order valence-electron chi connectivity index (χ3n) is 3.96. The maximum absolute atomic E-state index is 11.0. The number of carboxylic acid groups (broad SMARTS) is 1. The highest BCUT2D eigenvalue weighted by molar-refractivity contribution is 9.10. The number of hydrogen-bond donors (Lipinski definition) is 1. The molecule has 2 rings (SSSR count). The van der Waals surface area contributed by atoms with Gasteiger partial charge in [-0.05, 0) is 59.9 Å². The Hall–Kier alpha value is -1.07. The Morgan fingerprint density at radius 3 is 2.85 bits per heavy atom. The molecule has 20 heavy (non-hydrogen) atoms. The van der Waals surface area contributed by atoms with E-state index in [1.807, 2.05) is 6.07 Å². The first-order valence-corrected chi connectivity index (χ1v) is 7.60. The molecule has 0 bridgehead atoms. The Labute approximate surface area is 127 Å². The quantitative estimate of drug-likeness (QED) is 0.913. The molecule has 1 aromatic carbocycles. The van der Waals surface area contributed by atoms with Crippen molar-refractivity contribution in [3.63, 3.8) is 0 Å². The number of aliphatic carboxylic acids is 1. The highest BCUT2D eigenvalue weighted by Gasteiger charge is 2.29. The van der Waals surface area contributed by atoms with Gasteiger partial charge in [0.2, 0.25) is 0 Å². The number of likely N-dealkylation sites (tertiary alicyclic amines) is 1. The maximum Gasteiger partial charge on any atom is 0.306 e. The largest absolute Gasteiger partial charge is 0.496 e. The summed E-state index contributed by atoms with van der Waals surface area (Å²) in [5.41, 5.74) is 1.21. The van der Waals surface area contributed by atoms with Crippen LogP contribution in [0.2, 0.25) is 0 Å². The van der Waals surface area contributed by atoms with Crippen molar-refractivity contribution in [1.29, 1.82) is 0 Å². The average molecular weight is 342 g/mol. The first-order valence-electron chi connectivity index (χ1n) is 6.80. The molecule has 0 saturated carbocycles. The summed E-state index contributed by atoms with van der Waals surface area (Å²) in [7, 11) is 1.65. The molecule has 110 valence electrons. The number of ether oxygens (including phenoxy) is 1. The minimum atomic E-state index is -0.663. The van der Waals surface area contributed by atoms with E-state index in [0.29, 0.717) is 6.04 Å². The number of halogens is 1. The van der Waals surface area contributed by atoms with E-state index in [-0.39, 0.29) is 5.92 Å². The fourth-order valence-electron chi connectivity index (χ4n) is 2.72. The van der Waals surface area contributed by atoms with Gasteiger partial charge in [0.1, 0.15) is 5.75 Å². The van der Waals surface area contributed by atoms with E-state index >= 15 is 0 Å². The number of nitrogens with zero attached hydrogens (tertiary/aromatic N) is 1. The molecule has 0 radical (unpaired) electrons. The molecule has 1 aromatic rings. The summed E-state index contributed by atoms with van der Waals surface area (Å²) in [6.45, 7) is 3.78. The van der Waals surface area contributed by atoms with Crippen molar-refractivity contribution in [2.45, 2.75) is 32.4 Å². The van der Waals surface area contributed by atoms with E-state index in [1.165, 1.54) is 5.56 Å². The van der Waals surface area contributed by atoms with Gasteiger partial charge < -0.3 is 9.84 Å². The monoisotopic (exact) mass is 341 g/mol. The molecule has 2 unspecified atom stereocenters. The lowest BCUT2D eigenvalue weighted by Gasteiger charge is -2.36. The van der Waals surface area contributed by atoms with Crippen molar-refractivity contribution >= 4 is 21.9 Å². The second-order valence-electron chi connectivity index (χ2n) is 5.35. The van der Waals surface area contributed by atoms with Crippen LogP contribution in [0.4, 0.5) is 0 Å². The molecule has 1 aliphatic rings. The van der Waals surface area contributed by atoms with Crippen molar-refractivity contribution in [2.24, 2.45) is 5.92 Å². The summed E-state index contributed by atoms with van der Waals surface area (Å²) in [6, 6.07) is 6.37. The molecule has 0 aromatic heterocycles. The van der Waals surface area contributed by atoms with Gasteiger partial charge in [0.15, 0.2) is 0 Å². The number of carbonyl (C=O) groups is 1. The standard InChI is InChI=1S/C15H20BrNO3/c1-10-7-12(15(18)19)5-6-17(10)9-11-3-4-14(20-2)13(16)8-11/h3-4,8,10,12H,5-7,9H2,1-2H3,(H,18,19). The summed E-state index contributed by atoms with van der Waals surface area (Å²) in [5.74, 6) is -0.0288. The smallest absolute Gasteiger partial charge is 0.306 e. The second-order valence-corrected chi connectivity index (χ2v) is 6.20. The number of piperidine rings is 1. The first-order chi connectivity index (χ1) is 9.51. The van der Waals surface area contributed by atoms with E-state index in [2.05, 4.69) is 39.9 Å². The van der Waals surface area contributed by atoms with Crippen LogP contribution in [-0.4, -0.2) is 35.7 Å². The highest BCUT2D eigenvalue weighted by atomic mass is 79.9. The first kappa shape index (κ1) is 15.3. The Morgan fingerprint density at radius 1 is 1.55 bits per heavy atom. The van der Waals surface area contributed by atoms with Gasteiger partial charge >= 0.3 is 5.97 Å². The summed E-state index contributed by atoms with van der Waals surface area (Å²) in [4.78, 5) is 13.4. The molecular formula is C15H20BrNO3. The number of benzene rings is 1. The maximum atomic E-state index is 11.0. The highest BCUT2D eigenvalue weighted by Crippen LogP contribution is 2.28. The molecule has 1 fully saturated rings. The van der Waals surface area contributed by atoms with Crippen LogP contribution < -0.4 is 4.74 Å². The van der Waals surface area contributed by atoms with E-state index in [1.54, 1.807) is 7.11 Å². The van der Waals surface area contributed by atoms with E-state index < -0.39 is 5.97 Å². The zero-order valence-electron chi connectivity index (χ0n) is 11.8. The lowest BCUT2D eigenvalue weighted by molar-refractivity contribution is -0.144. The van der Waals surface area contributed by atoms with Crippen molar-refractivity contribution in [2.75, 3.05) is 13.7 Å². The summed E-state index contributed by atoms with van der Waals surface area (Å²) in [5, 5.41) is 9.09. The minimum absolute atomic E-state index is 0.191. The van der Waals surface area contributed by atoms with Crippen LogP contribution in [0.3, 0.4) is 0 Å². The molecule has 0 spiro atoms. The van der Waals surface area contributed by atoms with Crippen LogP contribution in [0.1, 0.15) is 25.3 Å². The lowest BCUT2D eigenvalue weighted by atomic mass is 9.91. The van der Waals surface area contributed by atoms with Gasteiger partial charge in [-0.15, -0.1) is 0 Å². The minimum Gasteiger partial charge on any atom is -0.496 e. The molecule has 4 nitrogen and oxygen atoms in total. The second kappa shape index (κ2) is 6.59. The Bertz CT molecular complexity index is 492. The van der Waals surface area contributed by atoms with Crippen LogP contribution in [0.5, 0.6) is 5.75 Å². The summed E-state index contributed by atoms with van der Waals surface area (Å²) < 4.78 is 6.18. The molecule has 0 aliphatic carbocycles. The molecule has 0 amide bonds. The van der Waals surface area contributed by atoms with Crippen molar-refractivity contribution < 1.29 is 14.6 Å². The molecule has 1 saturated heterocycles. The van der Waals surface area contributed by atoms with Gasteiger partial charge in [-0.1, -0.05) is 6.07 Å². The molecule has 5 heteroatoms. The lowest BCUT2D eigenvalue weighted by Crippen LogP contribution is -2.42. The molecule has 2 atom stereocenters. The number of hydrogen-bond acceptors (Lipinski definition) is 3. The van der Waals surface area contributed by atoms with Crippen molar-refractivity contribution in [1.82, 2.24) is 4.90 Å². The van der Waals surface area contributed by atoms with Gasteiger partial charge in [-0.25, -0.2) is 0 Å². The SMILES string of the molecule is COc1ccc(CN2CCC(C(=O)O)CC2C)cc1Br. The number of carboxylic acids is 1. The van der Waals surface area contributed by atoms with Crippen molar-refractivity contribution in [3.8, 4) is 5.75 Å². The van der Waals surface area contributed by atoms with Crippen LogP contribution in [-0.2, 0) is 11.3 Å². The third-order valence-corrected chi connectivity index (χ3v) is 4.58. The van der Waals surface area contributed by atoms with Gasteiger partial charge in [-0.2, -0.15) is 0 Å². The fraction of sp³-hybridized carbons (Fsp3) is 0.533. The average Bonchev–Trinajstić information content (AvgIpc) is 2.41. The molecule has 1 N–H and O–H groups in total. The van der Waals surface area contributed by atoms with Gasteiger partial charge in [-0.3, -0.25) is 9.69 Å².